The van der Waals surface area contributed by atoms with Crippen molar-refractivity contribution in [2.45, 2.75) is 36.5 Å². The van der Waals surface area contributed by atoms with Gasteiger partial charge in [-0.05, 0) is 18.6 Å². The molecule has 1 aromatic rings. The standard InChI is InChI=1S/C14H20N2OS/c1-10(2)18-13-6-4-3-5-12(13)14(17)16-8-7-11(15)9-16/h3-6,10-11H,7-9,15H2,1-2H3/t11-/m1/s1. The van der Waals surface area contributed by atoms with Crippen molar-refractivity contribution in [3.8, 4) is 0 Å². The zero-order valence-corrected chi connectivity index (χ0v) is 11.7. The molecular formula is C14H20N2OS. The summed E-state index contributed by atoms with van der Waals surface area (Å²) in [6, 6.07) is 7.98. The van der Waals surface area contributed by atoms with E-state index < -0.39 is 0 Å². The smallest absolute Gasteiger partial charge is 0.255 e. The fourth-order valence-corrected chi connectivity index (χ4v) is 3.09. The zero-order valence-electron chi connectivity index (χ0n) is 10.9. The molecule has 1 fully saturated rings. The van der Waals surface area contributed by atoms with Crippen molar-refractivity contribution >= 4 is 17.7 Å². The van der Waals surface area contributed by atoms with Crippen molar-refractivity contribution in [3.05, 3.63) is 29.8 Å². The van der Waals surface area contributed by atoms with Crippen LogP contribution in [0.25, 0.3) is 0 Å². The number of nitrogens with zero attached hydrogens (tertiary/aromatic N) is 1. The van der Waals surface area contributed by atoms with E-state index in [0.717, 1.165) is 23.4 Å². The van der Waals surface area contributed by atoms with Crippen LogP contribution >= 0.6 is 11.8 Å². The molecule has 18 heavy (non-hydrogen) atoms. The van der Waals surface area contributed by atoms with E-state index in [4.69, 9.17) is 5.73 Å². The van der Waals surface area contributed by atoms with Crippen LogP contribution in [0.3, 0.4) is 0 Å². The lowest BCUT2D eigenvalue weighted by Gasteiger charge is -2.18. The van der Waals surface area contributed by atoms with Gasteiger partial charge in [-0.2, -0.15) is 0 Å². The number of hydrogen-bond acceptors (Lipinski definition) is 3. The van der Waals surface area contributed by atoms with E-state index in [9.17, 15) is 4.79 Å². The number of carbonyl (C=O) groups is 1. The quantitative estimate of drug-likeness (QED) is 0.853. The Bertz CT molecular complexity index is 434. The maximum atomic E-state index is 12.5. The highest BCUT2D eigenvalue weighted by Gasteiger charge is 2.25. The van der Waals surface area contributed by atoms with Crippen molar-refractivity contribution in [3.63, 3.8) is 0 Å². The molecule has 1 saturated heterocycles. The predicted molar refractivity (Wildman–Crippen MR) is 75.9 cm³/mol. The third kappa shape index (κ3) is 3.06. The molecule has 1 amide bonds. The molecule has 0 spiro atoms. The van der Waals surface area contributed by atoms with Crippen LogP contribution in [0.1, 0.15) is 30.6 Å². The van der Waals surface area contributed by atoms with Crippen molar-refractivity contribution in [2.75, 3.05) is 13.1 Å². The minimum absolute atomic E-state index is 0.117. The lowest BCUT2D eigenvalue weighted by atomic mass is 10.2. The van der Waals surface area contributed by atoms with Crippen molar-refractivity contribution in [1.82, 2.24) is 4.90 Å². The molecule has 1 atom stereocenters. The molecule has 0 saturated carbocycles. The lowest BCUT2D eigenvalue weighted by molar-refractivity contribution is 0.0787. The zero-order chi connectivity index (χ0) is 13.1. The fraction of sp³-hybridized carbons (Fsp3) is 0.500. The molecule has 98 valence electrons. The highest BCUT2D eigenvalue weighted by atomic mass is 32.2. The summed E-state index contributed by atoms with van der Waals surface area (Å²) < 4.78 is 0. The van der Waals surface area contributed by atoms with Gasteiger partial charge in [-0.3, -0.25) is 4.79 Å². The lowest BCUT2D eigenvalue weighted by Crippen LogP contribution is -2.32. The highest BCUT2D eigenvalue weighted by Crippen LogP contribution is 2.28. The monoisotopic (exact) mass is 264 g/mol. The van der Waals surface area contributed by atoms with E-state index in [0.29, 0.717) is 11.8 Å². The molecule has 3 nitrogen and oxygen atoms in total. The normalized spacial score (nSPS) is 19.6. The molecule has 2 rings (SSSR count). The largest absolute Gasteiger partial charge is 0.337 e. The van der Waals surface area contributed by atoms with Crippen LogP contribution in [0.4, 0.5) is 0 Å². The molecule has 0 aromatic heterocycles. The van der Waals surface area contributed by atoms with Crippen LogP contribution in [0.5, 0.6) is 0 Å². The maximum Gasteiger partial charge on any atom is 0.255 e. The van der Waals surface area contributed by atoms with Gasteiger partial charge >= 0.3 is 0 Å². The molecule has 4 heteroatoms. The SMILES string of the molecule is CC(C)Sc1ccccc1C(=O)N1CC[C@@H](N)C1. The Kier molecular flexibility index (Phi) is 4.30. The molecule has 1 aromatic carbocycles. The Morgan fingerprint density at radius 1 is 1.44 bits per heavy atom. The van der Waals surface area contributed by atoms with E-state index in [1.165, 1.54) is 0 Å². The first kappa shape index (κ1) is 13.4. The second-order valence-electron chi connectivity index (χ2n) is 4.96. The van der Waals surface area contributed by atoms with E-state index in [2.05, 4.69) is 13.8 Å². The van der Waals surface area contributed by atoms with Crippen LogP contribution in [-0.4, -0.2) is 35.2 Å². The van der Waals surface area contributed by atoms with Crippen molar-refractivity contribution in [2.24, 2.45) is 5.73 Å². The first-order valence-electron chi connectivity index (χ1n) is 6.38. The summed E-state index contributed by atoms with van der Waals surface area (Å²) in [7, 11) is 0. The molecule has 0 bridgehead atoms. The summed E-state index contributed by atoms with van der Waals surface area (Å²) in [5.74, 6) is 0.117. The minimum Gasteiger partial charge on any atom is -0.337 e. The van der Waals surface area contributed by atoms with Gasteiger partial charge in [0.1, 0.15) is 0 Å². The minimum atomic E-state index is 0.117. The van der Waals surface area contributed by atoms with Crippen molar-refractivity contribution in [1.29, 1.82) is 0 Å². The Balaban J connectivity index is 2.19. The summed E-state index contributed by atoms with van der Waals surface area (Å²) >= 11 is 1.73. The van der Waals surface area contributed by atoms with Crippen LogP contribution < -0.4 is 5.73 Å². The van der Waals surface area contributed by atoms with E-state index in [1.807, 2.05) is 29.2 Å². The van der Waals surface area contributed by atoms with Gasteiger partial charge in [-0.1, -0.05) is 26.0 Å². The van der Waals surface area contributed by atoms with Gasteiger partial charge in [0.2, 0.25) is 0 Å². The molecule has 2 N–H and O–H groups in total. The number of likely N-dealkylation sites (tertiary alicyclic amines) is 1. The van der Waals surface area contributed by atoms with E-state index in [1.54, 1.807) is 11.8 Å². The molecule has 0 radical (unpaired) electrons. The third-order valence-electron chi connectivity index (χ3n) is 2.99. The molecule has 0 aliphatic carbocycles. The van der Waals surface area contributed by atoms with Gasteiger partial charge < -0.3 is 10.6 Å². The van der Waals surface area contributed by atoms with Gasteiger partial charge in [0, 0.05) is 29.3 Å². The van der Waals surface area contributed by atoms with E-state index >= 15 is 0 Å². The topological polar surface area (TPSA) is 46.3 Å². The van der Waals surface area contributed by atoms with Crippen LogP contribution in [-0.2, 0) is 0 Å². The van der Waals surface area contributed by atoms with Crippen LogP contribution in [0.15, 0.2) is 29.2 Å². The Morgan fingerprint density at radius 3 is 2.78 bits per heavy atom. The fourth-order valence-electron chi connectivity index (χ4n) is 2.14. The van der Waals surface area contributed by atoms with Gasteiger partial charge in [0.05, 0.1) is 5.56 Å². The Hall–Kier alpha value is -1.00. The van der Waals surface area contributed by atoms with Gasteiger partial charge in [0.25, 0.3) is 5.91 Å². The molecular weight excluding hydrogens is 244 g/mol. The summed E-state index contributed by atoms with van der Waals surface area (Å²) in [4.78, 5) is 15.4. The second kappa shape index (κ2) is 5.76. The molecule has 1 aliphatic rings. The highest BCUT2D eigenvalue weighted by molar-refractivity contribution is 8.00. The molecule has 0 unspecified atom stereocenters. The van der Waals surface area contributed by atoms with Gasteiger partial charge in [-0.15, -0.1) is 11.8 Å². The number of carbonyl (C=O) groups excluding carboxylic acids is 1. The third-order valence-corrected chi connectivity index (χ3v) is 4.07. The summed E-state index contributed by atoms with van der Waals surface area (Å²) in [5, 5.41) is 0.472. The van der Waals surface area contributed by atoms with Crippen LogP contribution in [0, 0.1) is 0 Å². The summed E-state index contributed by atoms with van der Waals surface area (Å²) in [6.45, 7) is 5.73. The predicted octanol–water partition coefficient (Wildman–Crippen LogP) is 2.36. The number of hydrogen-bond donors (Lipinski definition) is 1. The number of rotatable bonds is 3. The number of thioether (sulfide) groups is 1. The average Bonchev–Trinajstić information content (AvgIpc) is 2.75. The Morgan fingerprint density at radius 2 is 2.17 bits per heavy atom. The average molecular weight is 264 g/mol. The summed E-state index contributed by atoms with van der Waals surface area (Å²) in [5.41, 5.74) is 6.67. The van der Waals surface area contributed by atoms with Crippen LogP contribution in [0.2, 0.25) is 0 Å². The van der Waals surface area contributed by atoms with Gasteiger partial charge in [-0.25, -0.2) is 0 Å². The Labute approximate surface area is 113 Å². The number of benzene rings is 1. The maximum absolute atomic E-state index is 12.5. The second-order valence-corrected chi connectivity index (χ2v) is 6.58. The number of amides is 1. The molecule has 1 aliphatic heterocycles. The van der Waals surface area contributed by atoms with Gasteiger partial charge in [0.15, 0.2) is 0 Å². The van der Waals surface area contributed by atoms with Crippen molar-refractivity contribution < 1.29 is 4.79 Å². The summed E-state index contributed by atoms with van der Waals surface area (Å²) in [6.07, 6.45) is 0.908. The molecule has 1 heterocycles. The first-order chi connectivity index (χ1) is 8.58. The van der Waals surface area contributed by atoms with E-state index in [-0.39, 0.29) is 11.9 Å². The first-order valence-corrected chi connectivity index (χ1v) is 7.26. The number of nitrogens with two attached hydrogens (primary N) is 1.